The number of guanidine groups is 1. The second-order valence-corrected chi connectivity index (χ2v) is 7.08. The lowest BCUT2D eigenvalue weighted by Gasteiger charge is -2.26. The second-order valence-electron chi connectivity index (χ2n) is 4.77. The predicted octanol–water partition coefficient (Wildman–Crippen LogP) is 0.300. The average molecular weight is 418 g/mol. The molecular formula is C12H27IN4O2S. The van der Waals surface area contributed by atoms with E-state index < -0.39 is 9.84 Å². The molecule has 1 fully saturated rings. The van der Waals surface area contributed by atoms with Crippen LogP contribution in [0, 0.1) is 0 Å². The van der Waals surface area contributed by atoms with Crippen LogP contribution < -0.4 is 10.6 Å². The Morgan fingerprint density at radius 3 is 2.35 bits per heavy atom. The first-order chi connectivity index (χ1) is 9.07. The molecule has 0 aromatic rings. The molecule has 1 rings (SSSR count). The number of unbranched alkanes of at least 4 members (excludes halogenated alkanes) is 1. The first-order valence-corrected chi connectivity index (χ1v) is 8.77. The number of halogens is 1. The van der Waals surface area contributed by atoms with Crippen LogP contribution in [-0.4, -0.2) is 70.6 Å². The van der Waals surface area contributed by atoms with Crippen molar-refractivity contribution in [3.63, 3.8) is 0 Å². The molecule has 0 amide bonds. The molecule has 1 saturated heterocycles. The zero-order chi connectivity index (χ0) is 14.1. The topological polar surface area (TPSA) is 73.8 Å². The fourth-order valence-corrected chi connectivity index (χ4v) is 3.19. The average Bonchev–Trinajstić information content (AvgIpc) is 2.39. The van der Waals surface area contributed by atoms with Crippen molar-refractivity contribution in [2.24, 2.45) is 4.99 Å². The maximum Gasteiger partial charge on any atom is 0.191 e. The molecule has 1 heterocycles. The zero-order valence-electron chi connectivity index (χ0n) is 12.4. The van der Waals surface area contributed by atoms with Crippen LogP contribution in [0.5, 0.6) is 0 Å². The molecule has 1 aliphatic rings. The van der Waals surface area contributed by atoms with E-state index >= 15 is 0 Å². The maximum absolute atomic E-state index is 11.3. The predicted molar refractivity (Wildman–Crippen MR) is 94.8 cm³/mol. The zero-order valence-corrected chi connectivity index (χ0v) is 15.5. The van der Waals surface area contributed by atoms with Gasteiger partial charge in [0.05, 0.1) is 11.5 Å². The first-order valence-electron chi connectivity index (χ1n) is 6.94. The van der Waals surface area contributed by atoms with Crippen LogP contribution in [-0.2, 0) is 9.84 Å². The summed E-state index contributed by atoms with van der Waals surface area (Å²) in [6.45, 7) is 6.01. The van der Waals surface area contributed by atoms with Gasteiger partial charge >= 0.3 is 0 Å². The Kier molecular flexibility index (Phi) is 10.6. The van der Waals surface area contributed by atoms with Crippen molar-refractivity contribution in [2.75, 3.05) is 51.3 Å². The highest BCUT2D eigenvalue weighted by Crippen LogP contribution is 2.02. The van der Waals surface area contributed by atoms with E-state index in [2.05, 4.69) is 27.4 Å². The molecule has 1 aliphatic heterocycles. The first kappa shape index (κ1) is 19.9. The van der Waals surface area contributed by atoms with Crippen molar-refractivity contribution < 1.29 is 8.42 Å². The van der Waals surface area contributed by atoms with Crippen molar-refractivity contribution in [1.82, 2.24) is 15.5 Å². The minimum absolute atomic E-state index is 0. The van der Waals surface area contributed by atoms with Crippen molar-refractivity contribution in [1.29, 1.82) is 0 Å². The smallest absolute Gasteiger partial charge is 0.191 e. The summed E-state index contributed by atoms with van der Waals surface area (Å²) in [6, 6.07) is 0. The Morgan fingerprint density at radius 1 is 1.20 bits per heavy atom. The van der Waals surface area contributed by atoms with Gasteiger partial charge in [0.15, 0.2) is 15.8 Å². The van der Waals surface area contributed by atoms with Gasteiger partial charge in [-0.2, -0.15) is 0 Å². The molecule has 0 aliphatic carbocycles. The highest BCUT2D eigenvalue weighted by Gasteiger charge is 2.20. The normalized spacial score (nSPS) is 19.2. The van der Waals surface area contributed by atoms with Gasteiger partial charge in [0.1, 0.15) is 0 Å². The summed E-state index contributed by atoms with van der Waals surface area (Å²) in [6.07, 6.45) is 2.29. The number of rotatable bonds is 6. The van der Waals surface area contributed by atoms with Crippen molar-refractivity contribution >= 4 is 39.8 Å². The van der Waals surface area contributed by atoms with E-state index in [9.17, 15) is 8.42 Å². The van der Waals surface area contributed by atoms with E-state index in [0.29, 0.717) is 13.1 Å². The van der Waals surface area contributed by atoms with Crippen LogP contribution in [0.3, 0.4) is 0 Å². The third-order valence-corrected chi connectivity index (χ3v) is 4.81. The highest BCUT2D eigenvalue weighted by atomic mass is 127. The van der Waals surface area contributed by atoms with E-state index in [1.807, 2.05) is 0 Å². The van der Waals surface area contributed by atoms with Gasteiger partial charge in [-0.1, -0.05) is 13.3 Å². The lowest BCUT2D eigenvalue weighted by molar-refractivity contribution is 0.299. The third kappa shape index (κ3) is 8.25. The van der Waals surface area contributed by atoms with E-state index in [0.717, 1.165) is 38.4 Å². The number of hydrogen-bond acceptors (Lipinski definition) is 4. The van der Waals surface area contributed by atoms with Gasteiger partial charge in [0.25, 0.3) is 0 Å². The van der Waals surface area contributed by atoms with Gasteiger partial charge in [-0.25, -0.2) is 8.42 Å². The van der Waals surface area contributed by atoms with Crippen LogP contribution in [0.15, 0.2) is 4.99 Å². The van der Waals surface area contributed by atoms with Gasteiger partial charge in [-0.3, -0.25) is 9.89 Å². The summed E-state index contributed by atoms with van der Waals surface area (Å²) in [5.74, 6) is 1.39. The summed E-state index contributed by atoms with van der Waals surface area (Å²) in [5.41, 5.74) is 0. The largest absolute Gasteiger partial charge is 0.356 e. The van der Waals surface area contributed by atoms with Crippen LogP contribution in [0.1, 0.15) is 19.8 Å². The second kappa shape index (κ2) is 10.6. The Morgan fingerprint density at radius 2 is 1.80 bits per heavy atom. The lowest BCUT2D eigenvalue weighted by atomic mass is 10.3. The molecule has 0 bridgehead atoms. The molecule has 0 aromatic heterocycles. The number of hydrogen-bond donors (Lipinski definition) is 2. The van der Waals surface area contributed by atoms with E-state index in [4.69, 9.17) is 0 Å². The Bertz CT molecular complexity index is 373. The molecule has 2 N–H and O–H groups in total. The van der Waals surface area contributed by atoms with Crippen LogP contribution in [0.4, 0.5) is 0 Å². The quantitative estimate of drug-likeness (QED) is 0.281. The Balaban J connectivity index is 0.00000361. The summed E-state index contributed by atoms with van der Waals surface area (Å²) >= 11 is 0. The molecule has 20 heavy (non-hydrogen) atoms. The summed E-state index contributed by atoms with van der Waals surface area (Å²) in [4.78, 5) is 6.32. The van der Waals surface area contributed by atoms with Gasteiger partial charge < -0.3 is 10.6 Å². The molecule has 0 radical (unpaired) electrons. The number of sulfone groups is 1. The standard InChI is InChI=1S/C12H26N4O2S.HI/c1-3-4-5-14-12(13-2)15-6-7-16-8-10-19(17,18)11-9-16;/h3-11H2,1-2H3,(H2,13,14,15);1H. The molecule has 0 saturated carbocycles. The van der Waals surface area contributed by atoms with Crippen molar-refractivity contribution in [3.05, 3.63) is 0 Å². The number of nitrogens with zero attached hydrogens (tertiary/aromatic N) is 2. The minimum Gasteiger partial charge on any atom is -0.356 e. The molecule has 6 nitrogen and oxygen atoms in total. The number of nitrogens with one attached hydrogen (secondary N) is 2. The van der Waals surface area contributed by atoms with Crippen molar-refractivity contribution in [3.8, 4) is 0 Å². The van der Waals surface area contributed by atoms with Gasteiger partial charge in [-0.15, -0.1) is 24.0 Å². The molecule has 0 spiro atoms. The molecule has 120 valence electrons. The molecule has 0 atom stereocenters. The molecule has 0 unspecified atom stereocenters. The van der Waals surface area contributed by atoms with Gasteiger partial charge in [0.2, 0.25) is 0 Å². The molecule has 0 aromatic carbocycles. The number of aliphatic imine (C=N–C) groups is 1. The van der Waals surface area contributed by atoms with Crippen LogP contribution >= 0.6 is 24.0 Å². The lowest BCUT2D eigenvalue weighted by Crippen LogP contribution is -2.46. The summed E-state index contributed by atoms with van der Waals surface area (Å²) < 4.78 is 22.6. The SMILES string of the molecule is CCCCNC(=NC)NCCN1CCS(=O)(=O)CC1.I. The van der Waals surface area contributed by atoms with Gasteiger partial charge in [0, 0.05) is 39.8 Å². The van der Waals surface area contributed by atoms with E-state index in [-0.39, 0.29) is 35.5 Å². The Labute approximate surface area is 139 Å². The maximum atomic E-state index is 11.3. The monoisotopic (exact) mass is 418 g/mol. The van der Waals surface area contributed by atoms with E-state index in [1.54, 1.807) is 7.05 Å². The minimum atomic E-state index is -2.77. The molecule has 8 heteroatoms. The Hall–Kier alpha value is -0.0900. The third-order valence-electron chi connectivity index (χ3n) is 3.20. The fourth-order valence-electron chi connectivity index (χ4n) is 1.91. The summed E-state index contributed by atoms with van der Waals surface area (Å²) in [5, 5.41) is 6.49. The highest BCUT2D eigenvalue weighted by molar-refractivity contribution is 14.0. The summed E-state index contributed by atoms with van der Waals surface area (Å²) in [7, 11) is -1.02. The van der Waals surface area contributed by atoms with Crippen molar-refractivity contribution in [2.45, 2.75) is 19.8 Å². The van der Waals surface area contributed by atoms with E-state index in [1.165, 1.54) is 0 Å². The molecular weight excluding hydrogens is 391 g/mol. The van der Waals surface area contributed by atoms with Crippen LogP contribution in [0.25, 0.3) is 0 Å². The van der Waals surface area contributed by atoms with Crippen LogP contribution in [0.2, 0.25) is 0 Å². The fraction of sp³-hybridized carbons (Fsp3) is 0.917. The van der Waals surface area contributed by atoms with Gasteiger partial charge in [-0.05, 0) is 6.42 Å².